The fraction of sp³-hybridized carbons (Fsp3) is 0.286. The summed E-state index contributed by atoms with van der Waals surface area (Å²) < 4.78 is 19.0. The third kappa shape index (κ3) is 6.60. The molecule has 29 heavy (non-hydrogen) atoms. The number of non-ortho nitro benzene ring substituents is 1. The van der Waals surface area contributed by atoms with Crippen LogP contribution in [-0.4, -0.2) is 24.5 Å². The minimum atomic E-state index is -0.440. The Morgan fingerprint density at radius 1 is 1.31 bits per heavy atom. The van der Waals surface area contributed by atoms with Crippen LogP contribution in [0.15, 0.2) is 59.6 Å². The molecular formula is C21H25FN4O3. The van der Waals surface area contributed by atoms with Crippen LogP contribution in [0.1, 0.15) is 31.0 Å². The summed E-state index contributed by atoms with van der Waals surface area (Å²) in [6.07, 6.45) is 0. The molecule has 0 spiro atoms. The minimum absolute atomic E-state index is 0.0339. The number of methoxy groups -OCH3 is 1. The number of guanidine groups is 1. The predicted octanol–water partition coefficient (Wildman–Crippen LogP) is 4.12. The van der Waals surface area contributed by atoms with E-state index in [0.29, 0.717) is 19.0 Å². The molecule has 1 unspecified atom stereocenters. The standard InChI is InChI=1S/C21H25FN4O3/c1-14(2)12-23-21(24-13-16-5-8-18(9-6-16)26(27)28)25-15(3)17-7-10-20(29-4)19(22)11-17/h5-11,15H,1,12-13H2,2-4H3,(H2,23,24,25). The molecule has 1 atom stereocenters. The highest BCUT2D eigenvalue weighted by Gasteiger charge is 2.12. The number of hydrogen-bond acceptors (Lipinski definition) is 4. The lowest BCUT2D eigenvalue weighted by atomic mass is 10.1. The summed E-state index contributed by atoms with van der Waals surface area (Å²) >= 11 is 0. The molecule has 0 aliphatic rings. The zero-order valence-electron chi connectivity index (χ0n) is 16.7. The summed E-state index contributed by atoms with van der Waals surface area (Å²) in [6, 6.07) is 10.8. The molecule has 2 aromatic rings. The second kappa shape index (κ2) is 10.2. The van der Waals surface area contributed by atoms with Gasteiger partial charge in [-0.1, -0.05) is 30.4 Å². The maximum Gasteiger partial charge on any atom is 0.269 e. The number of hydrogen-bond donors (Lipinski definition) is 2. The van der Waals surface area contributed by atoms with Gasteiger partial charge in [-0.05, 0) is 37.1 Å². The van der Waals surface area contributed by atoms with E-state index >= 15 is 0 Å². The fourth-order valence-electron chi connectivity index (χ4n) is 2.52. The molecule has 0 radical (unpaired) electrons. The van der Waals surface area contributed by atoms with Gasteiger partial charge in [0.05, 0.1) is 24.6 Å². The van der Waals surface area contributed by atoms with Gasteiger partial charge in [-0.25, -0.2) is 9.38 Å². The molecule has 0 heterocycles. The van der Waals surface area contributed by atoms with Gasteiger partial charge < -0.3 is 15.4 Å². The highest BCUT2D eigenvalue weighted by molar-refractivity contribution is 5.80. The molecule has 0 saturated carbocycles. The van der Waals surface area contributed by atoms with Gasteiger partial charge in [0.2, 0.25) is 0 Å². The van der Waals surface area contributed by atoms with Crippen LogP contribution in [0.2, 0.25) is 0 Å². The maximum absolute atomic E-state index is 14.0. The highest BCUT2D eigenvalue weighted by Crippen LogP contribution is 2.21. The second-order valence-corrected chi connectivity index (χ2v) is 6.66. The quantitative estimate of drug-likeness (QED) is 0.229. The van der Waals surface area contributed by atoms with Crippen LogP contribution in [0.3, 0.4) is 0 Å². The van der Waals surface area contributed by atoms with E-state index in [4.69, 9.17) is 4.74 Å². The smallest absolute Gasteiger partial charge is 0.269 e. The third-order valence-electron chi connectivity index (χ3n) is 4.15. The van der Waals surface area contributed by atoms with Crippen LogP contribution >= 0.6 is 0 Å². The number of nitrogens with one attached hydrogen (secondary N) is 2. The topological polar surface area (TPSA) is 88.8 Å². The number of benzene rings is 2. The van der Waals surface area contributed by atoms with Crippen LogP contribution in [0.25, 0.3) is 0 Å². The van der Waals surface area contributed by atoms with Crippen molar-refractivity contribution in [1.29, 1.82) is 0 Å². The Kier molecular flexibility index (Phi) is 7.70. The molecule has 0 aliphatic heterocycles. The van der Waals surface area contributed by atoms with E-state index in [0.717, 1.165) is 16.7 Å². The summed E-state index contributed by atoms with van der Waals surface area (Å²) in [5, 5.41) is 17.2. The van der Waals surface area contributed by atoms with Crippen molar-refractivity contribution in [1.82, 2.24) is 10.6 Å². The van der Waals surface area contributed by atoms with E-state index in [9.17, 15) is 14.5 Å². The summed E-state index contributed by atoms with van der Waals surface area (Å²) in [6.45, 7) is 8.50. The first-order valence-corrected chi connectivity index (χ1v) is 9.06. The van der Waals surface area contributed by atoms with Crippen molar-refractivity contribution < 1.29 is 14.1 Å². The molecular weight excluding hydrogens is 375 g/mol. The van der Waals surface area contributed by atoms with Crippen molar-refractivity contribution in [2.24, 2.45) is 4.99 Å². The molecule has 2 rings (SSSR count). The Morgan fingerprint density at radius 2 is 2.00 bits per heavy atom. The van der Waals surface area contributed by atoms with Crippen LogP contribution in [0.4, 0.5) is 10.1 Å². The Bertz CT molecular complexity index is 897. The number of halogens is 1. The average Bonchev–Trinajstić information content (AvgIpc) is 2.70. The lowest BCUT2D eigenvalue weighted by molar-refractivity contribution is -0.384. The van der Waals surface area contributed by atoms with Crippen LogP contribution in [0, 0.1) is 15.9 Å². The summed E-state index contributed by atoms with van der Waals surface area (Å²) in [5.74, 6) is 0.279. The van der Waals surface area contributed by atoms with Crippen LogP contribution in [0.5, 0.6) is 5.75 Å². The number of aliphatic imine (C=N–C) groups is 1. The number of nitro groups is 1. The predicted molar refractivity (Wildman–Crippen MR) is 112 cm³/mol. The van der Waals surface area contributed by atoms with Crippen molar-refractivity contribution >= 4 is 11.6 Å². The normalized spacial score (nSPS) is 12.2. The molecule has 0 aliphatic carbocycles. The summed E-state index contributed by atoms with van der Waals surface area (Å²) in [7, 11) is 1.42. The molecule has 154 valence electrons. The van der Waals surface area contributed by atoms with E-state index in [1.807, 2.05) is 13.8 Å². The summed E-state index contributed by atoms with van der Waals surface area (Å²) in [4.78, 5) is 14.8. The Hall–Kier alpha value is -3.42. The van der Waals surface area contributed by atoms with E-state index in [2.05, 4.69) is 22.2 Å². The van der Waals surface area contributed by atoms with Crippen molar-refractivity contribution in [2.75, 3.05) is 13.7 Å². The van der Waals surface area contributed by atoms with Gasteiger partial charge in [-0.2, -0.15) is 0 Å². The molecule has 0 bridgehead atoms. The third-order valence-corrected chi connectivity index (χ3v) is 4.15. The molecule has 0 fully saturated rings. The summed E-state index contributed by atoms with van der Waals surface area (Å²) in [5.41, 5.74) is 2.53. The zero-order chi connectivity index (χ0) is 21.4. The molecule has 0 aromatic heterocycles. The van der Waals surface area contributed by atoms with Gasteiger partial charge in [0.1, 0.15) is 0 Å². The Balaban J connectivity index is 2.13. The highest BCUT2D eigenvalue weighted by atomic mass is 19.1. The first-order valence-electron chi connectivity index (χ1n) is 9.06. The Labute approximate surface area is 169 Å². The lowest BCUT2D eigenvalue weighted by Gasteiger charge is -2.19. The monoisotopic (exact) mass is 400 g/mol. The minimum Gasteiger partial charge on any atom is -0.494 e. The van der Waals surface area contributed by atoms with Gasteiger partial charge in [0, 0.05) is 18.7 Å². The lowest BCUT2D eigenvalue weighted by Crippen LogP contribution is -2.39. The van der Waals surface area contributed by atoms with Crippen molar-refractivity contribution in [3.8, 4) is 5.75 Å². The maximum atomic E-state index is 14.0. The molecule has 7 nitrogen and oxygen atoms in total. The average molecular weight is 400 g/mol. The largest absolute Gasteiger partial charge is 0.494 e. The van der Waals surface area contributed by atoms with E-state index in [1.165, 1.54) is 25.3 Å². The fourth-order valence-corrected chi connectivity index (χ4v) is 2.52. The zero-order valence-corrected chi connectivity index (χ0v) is 16.7. The van der Waals surface area contributed by atoms with Gasteiger partial charge in [-0.3, -0.25) is 10.1 Å². The van der Waals surface area contributed by atoms with E-state index < -0.39 is 10.7 Å². The van der Waals surface area contributed by atoms with Crippen LogP contribution in [-0.2, 0) is 6.54 Å². The molecule has 0 amide bonds. The molecule has 8 heteroatoms. The SMILES string of the molecule is C=C(C)CNC(=NCc1ccc([N+](=O)[O-])cc1)NC(C)c1ccc(OC)c(F)c1. The van der Waals surface area contributed by atoms with Gasteiger partial charge in [0.15, 0.2) is 17.5 Å². The number of nitrogens with zero attached hydrogens (tertiary/aromatic N) is 2. The molecule has 2 N–H and O–H groups in total. The van der Waals surface area contributed by atoms with Crippen molar-refractivity contribution in [3.05, 3.63) is 81.7 Å². The number of rotatable bonds is 8. The van der Waals surface area contributed by atoms with Gasteiger partial charge in [0.25, 0.3) is 5.69 Å². The first-order chi connectivity index (χ1) is 13.8. The van der Waals surface area contributed by atoms with Crippen molar-refractivity contribution in [3.63, 3.8) is 0 Å². The van der Waals surface area contributed by atoms with Gasteiger partial charge >= 0.3 is 0 Å². The first kappa shape index (κ1) is 21.9. The second-order valence-electron chi connectivity index (χ2n) is 6.66. The van der Waals surface area contributed by atoms with E-state index in [-0.39, 0.29) is 17.5 Å². The van der Waals surface area contributed by atoms with Crippen LogP contribution < -0.4 is 15.4 Å². The molecule has 2 aromatic carbocycles. The number of nitro benzene ring substituents is 1. The number of ether oxygens (including phenoxy) is 1. The van der Waals surface area contributed by atoms with Gasteiger partial charge in [-0.15, -0.1) is 0 Å². The Morgan fingerprint density at radius 3 is 2.55 bits per heavy atom. The van der Waals surface area contributed by atoms with Crippen molar-refractivity contribution in [2.45, 2.75) is 26.4 Å². The molecule has 0 saturated heterocycles. The van der Waals surface area contributed by atoms with E-state index in [1.54, 1.807) is 24.3 Å².